The van der Waals surface area contributed by atoms with Gasteiger partial charge in [0.2, 0.25) is 0 Å². The van der Waals surface area contributed by atoms with Gasteiger partial charge in [-0.15, -0.1) is 0 Å². The molecule has 0 aliphatic heterocycles. The summed E-state index contributed by atoms with van der Waals surface area (Å²) in [6.07, 6.45) is 0. The number of hydrogen-bond acceptors (Lipinski definition) is 2. The number of nitrogens with zero attached hydrogens (tertiary/aromatic N) is 1. The van der Waals surface area contributed by atoms with Gasteiger partial charge in [0.1, 0.15) is 11.2 Å². The van der Waals surface area contributed by atoms with Crippen molar-refractivity contribution in [2.45, 2.75) is 27.1 Å². The number of nitrogens with two attached hydrogens (primary N) is 1. The van der Waals surface area contributed by atoms with E-state index in [1.807, 2.05) is 42.7 Å². The lowest BCUT2D eigenvalue weighted by molar-refractivity contribution is -0.917. The average Bonchev–Trinajstić information content (AvgIpc) is 2.44. The van der Waals surface area contributed by atoms with Gasteiger partial charge in [0.25, 0.3) is 5.91 Å². The number of quaternary nitrogens is 1. The third-order valence-corrected chi connectivity index (χ3v) is 4.15. The van der Waals surface area contributed by atoms with Crippen LogP contribution in [0.4, 0.5) is 0 Å². The summed E-state index contributed by atoms with van der Waals surface area (Å²) < 4.78 is 2.51. The fraction of sp³-hybridized carbons (Fsp3) is 0.294. The summed E-state index contributed by atoms with van der Waals surface area (Å²) in [6.45, 7) is 5.46. The maximum Gasteiger partial charge on any atom is 0.251 e. The molecule has 1 amide bonds. The van der Waals surface area contributed by atoms with Gasteiger partial charge >= 0.3 is 0 Å². The van der Waals surface area contributed by atoms with Crippen LogP contribution in [0.5, 0.6) is 0 Å². The number of aryl methyl sites for hydroxylation is 2. The van der Waals surface area contributed by atoms with Crippen LogP contribution in [0.15, 0.2) is 36.4 Å². The average molecular weight is 316 g/mol. The Morgan fingerprint density at radius 1 is 1.27 bits per heavy atom. The van der Waals surface area contributed by atoms with Gasteiger partial charge in [-0.25, -0.2) is 0 Å². The first-order valence-electron chi connectivity index (χ1n) is 7.26. The first-order chi connectivity index (χ1) is 10.4. The molecular weight excluding hydrogens is 294 g/mol. The van der Waals surface area contributed by atoms with Gasteiger partial charge < -0.3 is 10.6 Å². The van der Waals surface area contributed by atoms with Gasteiger partial charge in [-0.2, -0.15) is 0 Å². The Morgan fingerprint density at radius 3 is 2.50 bits per heavy atom. The van der Waals surface area contributed by atoms with Crippen molar-refractivity contribution < 1.29 is 9.69 Å². The lowest BCUT2D eigenvalue weighted by Crippen LogP contribution is -3.07. The first-order valence-corrected chi connectivity index (χ1v) is 7.67. The van der Waals surface area contributed by atoms with Crippen LogP contribution in [0.25, 0.3) is 0 Å². The molecule has 0 radical (unpaired) electrons. The van der Waals surface area contributed by atoms with Crippen LogP contribution in [-0.4, -0.2) is 17.5 Å². The number of amides is 1. The molecule has 1 atom stereocenters. The summed E-state index contributed by atoms with van der Waals surface area (Å²) in [6, 6.07) is 12.3. The molecule has 2 aromatic rings. The number of carbonyl (C=O) groups excluding carboxylic acids is 1. The maximum atomic E-state index is 11.6. The summed E-state index contributed by atoms with van der Waals surface area (Å²) in [7, 11) is 2.11. The molecule has 5 heteroatoms. The van der Waals surface area contributed by atoms with Gasteiger partial charge in [0, 0.05) is 11.3 Å². The van der Waals surface area contributed by atoms with Gasteiger partial charge in [0.05, 0.1) is 12.6 Å². The second kappa shape index (κ2) is 6.85. The largest absolute Gasteiger partial charge is 0.365 e. The Hall–Kier alpha value is -1.98. The number of carbonyl (C=O) groups is 1. The van der Waals surface area contributed by atoms with Crippen molar-refractivity contribution in [3.8, 4) is 0 Å². The Labute approximate surface area is 136 Å². The normalized spacial score (nSPS) is 12.1. The lowest BCUT2D eigenvalue weighted by Gasteiger charge is -2.20. The second-order valence-electron chi connectivity index (χ2n) is 5.72. The van der Waals surface area contributed by atoms with Crippen molar-refractivity contribution in [1.29, 1.82) is 0 Å². The molecular formula is C17H22N3OS+. The fourth-order valence-corrected chi connectivity index (χ4v) is 3.16. The van der Waals surface area contributed by atoms with E-state index in [4.69, 9.17) is 18.0 Å². The highest BCUT2D eigenvalue weighted by molar-refractivity contribution is 7.71. The molecule has 22 heavy (non-hydrogen) atoms. The number of primary amides is 1. The first kappa shape index (κ1) is 16.4. The number of nitrogens with one attached hydrogen (secondary N) is 1. The highest BCUT2D eigenvalue weighted by atomic mass is 32.1. The summed E-state index contributed by atoms with van der Waals surface area (Å²) in [5.41, 5.74) is 9.07. The fourth-order valence-electron chi connectivity index (χ4n) is 2.69. The molecule has 0 aliphatic rings. The summed E-state index contributed by atoms with van der Waals surface area (Å²) >= 11 is 5.48. The van der Waals surface area contributed by atoms with Gasteiger partial charge in [-0.1, -0.05) is 42.5 Å². The number of hydrogen-bond donors (Lipinski definition) is 2. The highest BCUT2D eigenvalue weighted by Gasteiger charge is 2.14. The molecule has 0 fully saturated rings. The van der Waals surface area contributed by atoms with E-state index in [-0.39, 0.29) is 0 Å². The molecule has 1 heterocycles. The Morgan fingerprint density at radius 2 is 1.91 bits per heavy atom. The molecule has 0 spiro atoms. The predicted molar refractivity (Wildman–Crippen MR) is 90.3 cm³/mol. The molecule has 0 saturated carbocycles. The van der Waals surface area contributed by atoms with E-state index < -0.39 is 5.91 Å². The lowest BCUT2D eigenvalue weighted by atomic mass is 10.1. The molecule has 0 aliphatic carbocycles. The molecule has 3 N–H and O–H groups in total. The minimum absolute atomic E-state index is 0.452. The van der Waals surface area contributed by atoms with Crippen molar-refractivity contribution in [2.75, 3.05) is 7.05 Å². The maximum absolute atomic E-state index is 11.6. The van der Waals surface area contributed by atoms with E-state index in [0.29, 0.717) is 16.9 Å². The van der Waals surface area contributed by atoms with Crippen molar-refractivity contribution in [1.82, 2.24) is 4.57 Å². The monoisotopic (exact) mass is 316 g/mol. The van der Waals surface area contributed by atoms with Crippen LogP contribution in [0.3, 0.4) is 0 Å². The van der Waals surface area contributed by atoms with Crippen molar-refractivity contribution in [3.63, 3.8) is 0 Å². The summed E-state index contributed by atoms with van der Waals surface area (Å²) in [5.74, 6) is -0.461. The quantitative estimate of drug-likeness (QED) is 0.824. The smallest absolute Gasteiger partial charge is 0.251 e. The van der Waals surface area contributed by atoms with Crippen molar-refractivity contribution in [2.24, 2.45) is 5.73 Å². The van der Waals surface area contributed by atoms with E-state index in [1.54, 1.807) is 0 Å². The van der Waals surface area contributed by atoms with Gasteiger partial charge in [-0.3, -0.25) is 9.36 Å². The zero-order valence-electron chi connectivity index (χ0n) is 13.2. The predicted octanol–water partition coefficient (Wildman–Crippen LogP) is 1.61. The SMILES string of the molecule is Cc1cc(C)n(C[NH+](C)Cc2ccccc2)c(=S)c1C(N)=O. The summed E-state index contributed by atoms with van der Waals surface area (Å²) in [4.78, 5) is 12.9. The summed E-state index contributed by atoms with van der Waals surface area (Å²) in [5, 5.41) is 0. The van der Waals surface area contributed by atoms with Crippen LogP contribution < -0.4 is 10.6 Å². The van der Waals surface area contributed by atoms with E-state index in [1.165, 1.54) is 10.5 Å². The van der Waals surface area contributed by atoms with E-state index in [9.17, 15) is 4.79 Å². The molecule has 1 aromatic carbocycles. The van der Waals surface area contributed by atoms with Crippen molar-refractivity contribution >= 4 is 18.1 Å². The second-order valence-corrected chi connectivity index (χ2v) is 6.11. The number of benzene rings is 1. The topological polar surface area (TPSA) is 52.5 Å². The third-order valence-electron chi connectivity index (χ3n) is 3.73. The Balaban J connectivity index is 2.28. The third kappa shape index (κ3) is 3.61. The standard InChI is InChI=1S/C17H21N3OS/c1-12-9-13(2)20(17(22)15(12)16(18)21)11-19(3)10-14-7-5-4-6-8-14/h4-9H,10-11H2,1-3H3,(H2,18,21)/p+1. The highest BCUT2D eigenvalue weighted by Crippen LogP contribution is 2.12. The van der Waals surface area contributed by atoms with E-state index in [2.05, 4.69) is 19.2 Å². The van der Waals surface area contributed by atoms with Crippen LogP contribution in [0.2, 0.25) is 0 Å². The minimum atomic E-state index is -0.461. The number of pyridine rings is 1. The molecule has 1 aromatic heterocycles. The zero-order valence-corrected chi connectivity index (χ0v) is 14.0. The molecule has 2 rings (SSSR count). The molecule has 0 saturated heterocycles. The number of aromatic nitrogens is 1. The Bertz CT molecular complexity index is 738. The van der Waals surface area contributed by atoms with Gasteiger partial charge in [0.15, 0.2) is 6.67 Å². The van der Waals surface area contributed by atoms with Crippen LogP contribution in [-0.2, 0) is 13.2 Å². The zero-order chi connectivity index (χ0) is 16.3. The van der Waals surface area contributed by atoms with Crippen LogP contribution in [0.1, 0.15) is 27.2 Å². The van der Waals surface area contributed by atoms with E-state index in [0.717, 1.165) is 17.8 Å². The van der Waals surface area contributed by atoms with Crippen LogP contribution >= 0.6 is 12.2 Å². The molecule has 116 valence electrons. The van der Waals surface area contributed by atoms with Gasteiger partial charge in [-0.05, 0) is 25.5 Å². The molecule has 1 unspecified atom stereocenters. The molecule has 0 bridgehead atoms. The van der Waals surface area contributed by atoms with Crippen LogP contribution in [0, 0.1) is 18.5 Å². The minimum Gasteiger partial charge on any atom is -0.365 e. The Kier molecular flexibility index (Phi) is 5.11. The van der Waals surface area contributed by atoms with E-state index >= 15 is 0 Å². The van der Waals surface area contributed by atoms with Crippen molar-refractivity contribution in [3.05, 3.63) is 63.4 Å². The molecule has 4 nitrogen and oxygen atoms in total. The number of rotatable bonds is 5.